The lowest BCUT2D eigenvalue weighted by Gasteiger charge is -2.33. The van der Waals surface area contributed by atoms with Gasteiger partial charge in [-0.3, -0.25) is 4.79 Å². The highest BCUT2D eigenvalue weighted by Gasteiger charge is 2.32. The summed E-state index contributed by atoms with van der Waals surface area (Å²) in [5, 5.41) is 1.08. The minimum atomic E-state index is -1.79. The molecule has 1 aliphatic heterocycles. The largest absolute Gasteiger partial charge is 0.497 e. The van der Waals surface area contributed by atoms with E-state index in [-0.39, 0.29) is 18.2 Å². The van der Waals surface area contributed by atoms with Gasteiger partial charge in [0.05, 0.1) is 40.6 Å². The fraction of sp³-hybridized carbons (Fsp3) is 0.344. The van der Waals surface area contributed by atoms with Gasteiger partial charge in [0.1, 0.15) is 29.5 Å². The van der Waals surface area contributed by atoms with E-state index in [1.807, 2.05) is 78.9 Å². The molecule has 0 saturated carbocycles. The molecule has 0 N–H and O–H groups in total. The summed E-state index contributed by atoms with van der Waals surface area (Å²) in [5.74, 6) is 1.48. The first-order chi connectivity index (χ1) is 18.7. The second-order valence-electron chi connectivity index (χ2n) is 10.7. The molecule has 0 amide bonds. The number of methoxy groups -OCH3 is 1. The van der Waals surface area contributed by atoms with E-state index < -0.39 is 8.07 Å². The molecule has 1 aliphatic rings. The lowest BCUT2D eigenvalue weighted by molar-refractivity contribution is -0.131. The van der Waals surface area contributed by atoms with Gasteiger partial charge in [0, 0.05) is 6.92 Å². The smallest absolute Gasteiger partial charge is 0.308 e. The first kappa shape index (κ1) is 28.6. The van der Waals surface area contributed by atoms with E-state index in [2.05, 4.69) is 19.6 Å². The Morgan fingerprint density at radius 3 is 2.15 bits per heavy atom. The third kappa shape index (κ3) is 7.82. The van der Waals surface area contributed by atoms with Crippen molar-refractivity contribution in [3.63, 3.8) is 0 Å². The highest BCUT2D eigenvalue weighted by Crippen LogP contribution is 2.36. The summed E-state index contributed by atoms with van der Waals surface area (Å²) in [5.41, 5.74) is 2.87. The number of rotatable bonds is 11. The summed E-state index contributed by atoms with van der Waals surface area (Å²) in [6.45, 7) is 9.39. The van der Waals surface area contributed by atoms with Gasteiger partial charge < -0.3 is 23.7 Å². The molecule has 0 saturated heterocycles. The Morgan fingerprint density at radius 1 is 0.923 bits per heavy atom. The predicted molar refractivity (Wildman–Crippen MR) is 156 cm³/mol. The van der Waals surface area contributed by atoms with Gasteiger partial charge in [-0.25, -0.2) is 0 Å². The minimum Gasteiger partial charge on any atom is -0.497 e. The Morgan fingerprint density at radius 2 is 1.56 bits per heavy atom. The molecule has 0 radical (unpaired) electrons. The summed E-state index contributed by atoms with van der Waals surface area (Å²) in [4.78, 5) is 12.0. The van der Waals surface area contributed by atoms with Crippen LogP contribution in [0.5, 0.6) is 11.5 Å². The van der Waals surface area contributed by atoms with Gasteiger partial charge in [-0.05, 0) is 40.9 Å². The summed E-state index contributed by atoms with van der Waals surface area (Å²) in [6, 6.07) is 24.0. The summed E-state index contributed by atoms with van der Waals surface area (Å²) >= 11 is 0. The number of carbonyl (C=O) groups excluding carboxylic acids is 1. The molecule has 0 bridgehead atoms. The van der Waals surface area contributed by atoms with Crippen molar-refractivity contribution < 1.29 is 28.5 Å². The third-order valence-electron chi connectivity index (χ3n) is 6.56. The minimum absolute atomic E-state index is 0.204. The van der Waals surface area contributed by atoms with Crippen LogP contribution in [0.1, 0.15) is 30.0 Å². The van der Waals surface area contributed by atoms with Crippen LogP contribution >= 0.6 is 0 Å². The quantitative estimate of drug-likeness (QED) is 0.165. The Bertz CT molecular complexity index is 1270. The van der Waals surface area contributed by atoms with Gasteiger partial charge in [-0.1, -0.05) is 80.3 Å². The van der Waals surface area contributed by atoms with Crippen molar-refractivity contribution in [2.24, 2.45) is 0 Å². The molecule has 7 heteroatoms. The maximum atomic E-state index is 12.0. The normalized spacial score (nSPS) is 17.2. The summed E-state index contributed by atoms with van der Waals surface area (Å²) < 4.78 is 30.4. The molecule has 0 aliphatic carbocycles. The zero-order chi connectivity index (χ0) is 27.8. The van der Waals surface area contributed by atoms with Crippen LogP contribution in [-0.4, -0.2) is 40.0 Å². The van der Waals surface area contributed by atoms with Crippen molar-refractivity contribution >= 4 is 25.0 Å². The van der Waals surface area contributed by atoms with E-state index in [0.717, 1.165) is 22.1 Å². The highest BCUT2D eigenvalue weighted by atomic mass is 28.3. The highest BCUT2D eigenvalue weighted by molar-refractivity contribution is 6.89. The second kappa shape index (κ2) is 13.1. The van der Waals surface area contributed by atoms with Crippen molar-refractivity contribution in [3.05, 3.63) is 95.6 Å². The predicted octanol–water partition coefficient (Wildman–Crippen LogP) is 6.10. The van der Waals surface area contributed by atoms with Gasteiger partial charge in [-0.15, -0.1) is 0 Å². The first-order valence-corrected chi connectivity index (χ1v) is 16.8. The molecule has 3 aromatic rings. The maximum absolute atomic E-state index is 12.0. The van der Waals surface area contributed by atoms with Crippen LogP contribution in [0, 0.1) is 0 Å². The van der Waals surface area contributed by atoms with Crippen LogP contribution in [0.4, 0.5) is 0 Å². The van der Waals surface area contributed by atoms with Crippen LogP contribution in [0.15, 0.2) is 78.9 Å². The Kier molecular flexibility index (Phi) is 9.62. The van der Waals surface area contributed by atoms with E-state index in [9.17, 15) is 4.79 Å². The molecular formula is C32H38O6Si. The molecule has 0 fully saturated rings. The molecular weight excluding hydrogens is 508 g/mol. The lowest BCUT2D eigenvalue weighted by Crippen LogP contribution is -2.39. The fourth-order valence-corrected chi connectivity index (χ4v) is 6.02. The van der Waals surface area contributed by atoms with Crippen LogP contribution < -0.4 is 14.7 Å². The monoisotopic (exact) mass is 546 g/mol. The van der Waals surface area contributed by atoms with Gasteiger partial charge in [-0.2, -0.15) is 0 Å². The van der Waals surface area contributed by atoms with Crippen molar-refractivity contribution in [2.45, 2.75) is 58.4 Å². The number of carbonyl (C=O) groups is 1. The maximum Gasteiger partial charge on any atom is 0.308 e. The molecule has 0 aromatic heterocycles. The number of benzene rings is 3. The first-order valence-electron chi connectivity index (χ1n) is 13.3. The molecule has 0 spiro atoms. The molecule has 206 valence electrons. The Balaban J connectivity index is 1.60. The van der Waals surface area contributed by atoms with E-state index >= 15 is 0 Å². The number of hydrogen-bond donors (Lipinski definition) is 0. The molecule has 39 heavy (non-hydrogen) atoms. The van der Waals surface area contributed by atoms with E-state index in [0.29, 0.717) is 43.3 Å². The van der Waals surface area contributed by atoms with Crippen molar-refractivity contribution in [1.29, 1.82) is 0 Å². The third-order valence-corrected chi connectivity index (χ3v) is 8.56. The van der Waals surface area contributed by atoms with E-state index in [1.165, 1.54) is 6.92 Å². The lowest BCUT2D eigenvalue weighted by atomic mass is 10.0. The fourth-order valence-electron chi connectivity index (χ4n) is 4.54. The van der Waals surface area contributed by atoms with Crippen LogP contribution in [-0.2, 0) is 32.2 Å². The number of ether oxygens (including phenoxy) is 5. The molecule has 6 nitrogen and oxygen atoms in total. The van der Waals surface area contributed by atoms with E-state index in [1.54, 1.807) is 7.11 Å². The Hall–Kier alpha value is -3.39. The van der Waals surface area contributed by atoms with Crippen LogP contribution in [0.3, 0.4) is 0 Å². The summed E-state index contributed by atoms with van der Waals surface area (Å²) in [6.07, 6.45) is 2.06. The molecule has 2 atom stereocenters. The molecule has 3 aromatic carbocycles. The van der Waals surface area contributed by atoms with Crippen molar-refractivity contribution in [2.75, 3.05) is 13.7 Å². The van der Waals surface area contributed by atoms with Crippen LogP contribution in [0.2, 0.25) is 19.6 Å². The summed E-state index contributed by atoms with van der Waals surface area (Å²) in [7, 11) is -0.123. The molecule has 2 unspecified atom stereocenters. The number of esters is 1. The standard InChI is InChI=1S/C32H38O6Si/c1-23(33)37-29-19-32(39(3,4)5)30(34-2)18-26(29)27-16-17-28(36-21-25-14-10-7-11-15-25)31(38-27)22-35-20-24-12-8-6-9-13-24/h6-16,18-19,28,31H,17,20-22H2,1-5H3. The van der Waals surface area contributed by atoms with Gasteiger partial charge in [0.25, 0.3) is 0 Å². The number of hydrogen-bond acceptors (Lipinski definition) is 6. The van der Waals surface area contributed by atoms with Gasteiger partial charge in [0.15, 0.2) is 0 Å². The molecule has 1 heterocycles. The van der Waals surface area contributed by atoms with Crippen LogP contribution in [0.25, 0.3) is 5.76 Å². The zero-order valence-electron chi connectivity index (χ0n) is 23.4. The van der Waals surface area contributed by atoms with E-state index in [4.69, 9.17) is 23.7 Å². The topological polar surface area (TPSA) is 63.2 Å². The average molecular weight is 547 g/mol. The van der Waals surface area contributed by atoms with Crippen molar-refractivity contribution in [1.82, 2.24) is 0 Å². The van der Waals surface area contributed by atoms with Gasteiger partial charge in [0.2, 0.25) is 0 Å². The average Bonchev–Trinajstić information content (AvgIpc) is 2.92. The van der Waals surface area contributed by atoms with Crippen molar-refractivity contribution in [3.8, 4) is 11.5 Å². The second-order valence-corrected chi connectivity index (χ2v) is 15.7. The zero-order valence-corrected chi connectivity index (χ0v) is 24.4. The Labute approximate surface area is 232 Å². The SMILES string of the molecule is COc1cc(C2=CCC(OCc3ccccc3)C(COCc3ccccc3)O2)c(OC(C)=O)cc1[Si](C)(C)C. The van der Waals surface area contributed by atoms with Gasteiger partial charge >= 0.3 is 5.97 Å². The molecule has 4 rings (SSSR count).